The van der Waals surface area contributed by atoms with Crippen molar-refractivity contribution in [3.8, 4) is 5.75 Å². The van der Waals surface area contributed by atoms with E-state index >= 15 is 0 Å². The number of amides is 1. The molecule has 2 unspecified atom stereocenters. The molecule has 1 N–H and O–H groups in total. The summed E-state index contributed by atoms with van der Waals surface area (Å²) in [6.07, 6.45) is 0.909. The molecule has 1 amide bonds. The second-order valence-corrected chi connectivity index (χ2v) is 11.4. The Kier molecular flexibility index (Phi) is 7.64. The van der Waals surface area contributed by atoms with Crippen LogP contribution in [0.25, 0.3) is 10.1 Å². The minimum absolute atomic E-state index is 0.216. The lowest BCUT2D eigenvalue weighted by Crippen LogP contribution is -2.50. The number of carbonyl (C=O) groups is 1. The normalized spacial score (nSPS) is 13.9. The zero-order chi connectivity index (χ0) is 27.5. The predicted octanol–water partition coefficient (Wildman–Crippen LogP) is 5.95. The Morgan fingerprint density at radius 2 is 1.62 bits per heavy atom. The molecule has 8 heteroatoms. The van der Waals surface area contributed by atoms with Gasteiger partial charge in [-0.05, 0) is 57.3 Å². The third-order valence-electron chi connectivity index (χ3n) is 7.20. The van der Waals surface area contributed by atoms with E-state index in [9.17, 15) is 13.6 Å². The van der Waals surface area contributed by atoms with Gasteiger partial charge in [-0.1, -0.05) is 78.9 Å². The lowest BCUT2D eigenvalue weighted by atomic mass is 9.97. The number of fused-ring (bicyclic) bond motifs is 2. The summed E-state index contributed by atoms with van der Waals surface area (Å²) in [6, 6.07) is 31.2. The fourth-order valence-corrected chi connectivity index (χ4v) is 6.89. The van der Waals surface area contributed by atoms with Crippen LogP contribution in [0.3, 0.4) is 0 Å². The SMILES string of the molecule is O=C(NC(c1ccccc1)c1ccccc1)C(Cc1csc2ccccc12)N(c1ccc2c(c1)CCO2)S(=O)[O-]. The molecular weight excluding hydrogens is 540 g/mol. The lowest BCUT2D eigenvalue weighted by molar-refractivity contribution is -0.122. The minimum Gasteiger partial charge on any atom is -0.755 e. The Hall–Kier alpha value is -3.98. The van der Waals surface area contributed by atoms with Gasteiger partial charge in [0, 0.05) is 34.5 Å². The van der Waals surface area contributed by atoms with Gasteiger partial charge in [0.2, 0.25) is 5.91 Å². The van der Waals surface area contributed by atoms with Crippen molar-refractivity contribution in [1.29, 1.82) is 0 Å². The number of rotatable bonds is 9. The van der Waals surface area contributed by atoms with Crippen LogP contribution in [0.2, 0.25) is 0 Å². The Morgan fingerprint density at radius 1 is 0.950 bits per heavy atom. The van der Waals surface area contributed by atoms with E-state index in [0.717, 1.165) is 38.1 Å². The summed E-state index contributed by atoms with van der Waals surface area (Å²) < 4.78 is 33.7. The van der Waals surface area contributed by atoms with E-state index in [-0.39, 0.29) is 12.3 Å². The van der Waals surface area contributed by atoms with Crippen LogP contribution in [0.4, 0.5) is 5.69 Å². The average molecular weight is 568 g/mol. The maximum Gasteiger partial charge on any atom is 0.244 e. The van der Waals surface area contributed by atoms with Gasteiger partial charge in [-0.2, -0.15) is 0 Å². The summed E-state index contributed by atoms with van der Waals surface area (Å²) in [6.45, 7) is 0.555. The molecule has 2 atom stereocenters. The highest BCUT2D eigenvalue weighted by molar-refractivity contribution is 7.80. The molecule has 1 aliphatic heterocycles. The van der Waals surface area contributed by atoms with E-state index in [4.69, 9.17) is 4.74 Å². The van der Waals surface area contributed by atoms with E-state index in [1.807, 2.05) is 96.4 Å². The first-order valence-electron chi connectivity index (χ1n) is 13.1. The second kappa shape index (κ2) is 11.6. The van der Waals surface area contributed by atoms with Crippen LogP contribution >= 0.6 is 11.3 Å². The number of thiophene rings is 1. The Balaban J connectivity index is 1.41. The van der Waals surface area contributed by atoms with Crippen molar-refractivity contribution in [2.24, 2.45) is 0 Å². The van der Waals surface area contributed by atoms with Crippen molar-refractivity contribution >= 4 is 44.3 Å². The molecule has 0 bridgehead atoms. The molecule has 0 aliphatic carbocycles. The Morgan fingerprint density at radius 3 is 2.33 bits per heavy atom. The first-order valence-corrected chi connectivity index (χ1v) is 15.0. The second-order valence-electron chi connectivity index (χ2n) is 9.67. The summed E-state index contributed by atoms with van der Waals surface area (Å²) in [5, 5.41) is 6.23. The van der Waals surface area contributed by atoms with Gasteiger partial charge >= 0.3 is 0 Å². The third kappa shape index (κ3) is 5.38. The molecule has 6 nitrogen and oxygen atoms in total. The fourth-order valence-electron chi connectivity index (χ4n) is 5.25. The molecule has 0 radical (unpaired) electrons. The van der Waals surface area contributed by atoms with Crippen molar-refractivity contribution in [2.45, 2.75) is 24.9 Å². The van der Waals surface area contributed by atoms with Crippen LogP contribution in [-0.4, -0.2) is 27.3 Å². The van der Waals surface area contributed by atoms with E-state index in [1.54, 1.807) is 23.5 Å². The van der Waals surface area contributed by atoms with Gasteiger partial charge in [0.05, 0.1) is 12.6 Å². The molecule has 5 aromatic rings. The van der Waals surface area contributed by atoms with Crippen molar-refractivity contribution in [1.82, 2.24) is 5.32 Å². The van der Waals surface area contributed by atoms with Gasteiger partial charge < -0.3 is 14.6 Å². The van der Waals surface area contributed by atoms with E-state index in [1.165, 1.54) is 4.31 Å². The number of benzene rings is 4. The van der Waals surface area contributed by atoms with Crippen molar-refractivity contribution in [2.75, 3.05) is 10.9 Å². The number of nitrogens with one attached hydrogen (secondary N) is 1. The minimum atomic E-state index is -2.72. The molecule has 6 rings (SSSR count). The summed E-state index contributed by atoms with van der Waals surface area (Å²) in [5.41, 5.74) is 4.11. The van der Waals surface area contributed by atoms with Gasteiger partial charge in [0.25, 0.3) is 0 Å². The first kappa shape index (κ1) is 26.3. The average Bonchev–Trinajstić information content (AvgIpc) is 3.63. The van der Waals surface area contributed by atoms with E-state index < -0.39 is 23.4 Å². The highest BCUT2D eigenvalue weighted by atomic mass is 32.2. The first-order chi connectivity index (χ1) is 19.6. The van der Waals surface area contributed by atoms with Crippen LogP contribution in [0.15, 0.2) is 109 Å². The number of anilines is 1. The van der Waals surface area contributed by atoms with Crippen molar-refractivity contribution in [3.63, 3.8) is 0 Å². The van der Waals surface area contributed by atoms with Gasteiger partial charge in [-0.25, -0.2) is 0 Å². The highest BCUT2D eigenvalue weighted by Crippen LogP contribution is 2.33. The number of nitrogens with zero attached hydrogens (tertiary/aromatic N) is 1. The molecule has 202 valence electrons. The van der Waals surface area contributed by atoms with Crippen LogP contribution < -0.4 is 14.4 Å². The smallest absolute Gasteiger partial charge is 0.244 e. The molecule has 0 spiro atoms. The van der Waals surface area contributed by atoms with Crippen LogP contribution in [0.1, 0.15) is 28.3 Å². The van der Waals surface area contributed by atoms with E-state index in [0.29, 0.717) is 18.7 Å². The van der Waals surface area contributed by atoms with Crippen LogP contribution in [0.5, 0.6) is 5.75 Å². The maximum absolute atomic E-state index is 14.3. The fraction of sp³-hybridized carbons (Fsp3) is 0.156. The third-order valence-corrected chi connectivity index (χ3v) is 9.00. The molecule has 0 saturated carbocycles. The summed E-state index contributed by atoms with van der Waals surface area (Å²) in [7, 11) is 0. The van der Waals surface area contributed by atoms with Gasteiger partial charge in [0.15, 0.2) is 0 Å². The zero-order valence-corrected chi connectivity index (χ0v) is 23.2. The van der Waals surface area contributed by atoms with Crippen molar-refractivity contribution in [3.05, 3.63) is 131 Å². The highest BCUT2D eigenvalue weighted by Gasteiger charge is 2.32. The number of hydrogen-bond acceptors (Lipinski definition) is 5. The number of ether oxygens (including phenoxy) is 1. The predicted molar refractivity (Wildman–Crippen MR) is 159 cm³/mol. The number of carbonyl (C=O) groups excluding carboxylic acids is 1. The lowest BCUT2D eigenvalue weighted by Gasteiger charge is -2.35. The molecule has 4 aromatic carbocycles. The van der Waals surface area contributed by atoms with E-state index in [2.05, 4.69) is 5.32 Å². The van der Waals surface area contributed by atoms with Gasteiger partial charge in [-0.3, -0.25) is 13.3 Å². The van der Waals surface area contributed by atoms with Crippen molar-refractivity contribution < 1.29 is 18.3 Å². The molecule has 40 heavy (non-hydrogen) atoms. The topological polar surface area (TPSA) is 81.7 Å². The Labute approximate surface area is 239 Å². The monoisotopic (exact) mass is 567 g/mol. The number of hydrogen-bond donors (Lipinski definition) is 1. The van der Waals surface area contributed by atoms with Crippen LogP contribution in [0, 0.1) is 0 Å². The summed E-state index contributed by atoms with van der Waals surface area (Å²) >= 11 is -1.13. The zero-order valence-electron chi connectivity index (χ0n) is 21.6. The molecule has 0 saturated heterocycles. The van der Waals surface area contributed by atoms with Gasteiger partial charge in [-0.15, -0.1) is 11.3 Å². The quantitative estimate of drug-likeness (QED) is 0.223. The molecule has 0 fully saturated rings. The molecule has 1 aliphatic rings. The maximum atomic E-state index is 14.3. The van der Waals surface area contributed by atoms with Gasteiger partial charge in [0.1, 0.15) is 11.8 Å². The molecular formula is C32H27N2O4S2-. The Bertz CT molecular complexity index is 1620. The standard InChI is InChI=1S/C32H28N2O4S2/c35-32(33-31(22-9-3-1-4-10-22)23-11-5-2-6-12-23)28(20-25-21-39-30-14-8-7-13-27(25)30)34(40(36)37)26-15-16-29-24(19-26)17-18-38-29/h1-16,19,21,28,31H,17-18,20H2,(H,33,35)(H,36,37)/p-1. The summed E-state index contributed by atoms with van der Waals surface area (Å²) in [5.74, 6) is 0.368. The largest absolute Gasteiger partial charge is 0.755 e. The molecule has 1 aromatic heterocycles. The van der Waals surface area contributed by atoms with Crippen LogP contribution in [-0.2, 0) is 28.9 Å². The summed E-state index contributed by atoms with van der Waals surface area (Å²) in [4.78, 5) is 14.3. The molecule has 2 heterocycles.